The molecule has 0 aliphatic heterocycles. The molecule has 2 atom stereocenters. The fraction of sp³-hybridized carbons (Fsp3) is 0.625. The molecule has 0 spiro atoms. The number of nitrogens with one attached hydrogen (secondary N) is 1. The number of rotatable bonds is 6. The van der Waals surface area contributed by atoms with Crippen molar-refractivity contribution in [2.75, 3.05) is 19.0 Å². The van der Waals surface area contributed by atoms with E-state index in [0.717, 1.165) is 17.7 Å². The molecule has 0 saturated heterocycles. The summed E-state index contributed by atoms with van der Waals surface area (Å²) in [6.07, 6.45) is 1.10. The van der Waals surface area contributed by atoms with E-state index in [1.54, 1.807) is 6.07 Å². The number of anilines is 1. The zero-order valence-corrected chi connectivity index (χ0v) is 13.0. The summed E-state index contributed by atoms with van der Waals surface area (Å²) in [5, 5.41) is 3.13. The van der Waals surface area contributed by atoms with Gasteiger partial charge in [0.15, 0.2) is 0 Å². The fourth-order valence-corrected chi connectivity index (χ4v) is 2.48. The van der Waals surface area contributed by atoms with Crippen LogP contribution >= 0.6 is 0 Å². The van der Waals surface area contributed by atoms with E-state index >= 15 is 0 Å². The van der Waals surface area contributed by atoms with Crippen LogP contribution in [0.2, 0.25) is 0 Å². The highest BCUT2D eigenvalue weighted by Gasteiger charge is 2.20. The minimum atomic E-state index is -0.136. The summed E-state index contributed by atoms with van der Waals surface area (Å²) in [5.41, 5.74) is 1.73. The molecule has 1 aromatic carbocycles. The lowest BCUT2D eigenvalue weighted by Crippen LogP contribution is -2.32. The molecule has 19 heavy (non-hydrogen) atoms. The molecule has 2 nitrogen and oxygen atoms in total. The molecule has 1 rings (SSSR count). The molecular formula is C16H27FN2. The number of hydrogen-bond donors (Lipinski definition) is 1. The largest absolute Gasteiger partial charge is 0.372 e. The number of nitrogens with zero attached hydrogens (tertiary/aromatic N) is 1. The summed E-state index contributed by atoms with van der Waals surface area (Å²) >= 11 is 0. The third kappa shape index (κ3) is 3.93. The van der Waals surface area contributed by atoms with Crippen molar-refractivity contribution < 1.29 is 4.39 Å². The Hall–Kier alpha value is -1.09. The smallest absolute Gasteiger partial charge is 0.130 e. The van der Waals surface area contributed by atoms with Crippen LogP contribution in [0.5, 0.6) is 0 Å². The van der Waals surface area contributed by atoms with Gasteiger partial charge in [0.05, 0.1) is 0 Å². The highest BCUT2D eigenvalue weighted by atomic mass is 19.1. The lowest BCUT2D eigenvalue weighted by atomic mass is 10.0. The van der Waals surface area contributed by atoms with Crippen molar-refractivity contribution in [3.05, 3.63) is 29.6 Å². The van der Waals surface area contributed by atoms with Gasteiger partial charge in [-0.25, -0.2) is 4.39 Å². The van der Waals surface area contributed by atoms with Gasteiger partial charge in [0.25, 0.3) is 0 Å². The maximum atomic E-state index is 14.1. The molecule has 0 radical (unpaired) electrons. The average molecular weight is 266 g/mol. The Morgan fingerprint density at radius 3 is 2.37 bits per heavy atom. The Bertz CT molecular complexity index is 404. The maximum absolute atomic E-state index is 14.1. The third-order valence-electron chi connectivity index (χ3n) is 3.75. The van der Waals surface area contributed by atoms with Crippen LogP contribution in [0.3, 0.4) is 0 Å². The minimum Gasteiger partial charge on any atom is -0.372 e. The normalized spacial score (nSPS) is 14.5. The third-order valence-corrected chi connectivity index (χ3v) is 3.75. The van der Waals surface area contributed by atoms with Crippen LogP contribution in [-0.2, 0) is 0 Å². The van der Waals surface area contributed by atoms with E-state index in [1.807, 2.05) is 27.1 Å². The van der Waals surface area contributed by atoms with Crippen LogP contribution in [0.15, 0.2) is 18.2 Å². The van der Waals surface area contributed by atoms with E-state index in [9.17, 15) is 4.39 Å². The average Bonchev–Trinajstić information content (AvgIpc) is 2.35. The first-order valence-electron chi connectivity index (χ1n) is 7.07. The first-order chi connectivity index (χ1) is 8.88. The van der Waals surface area contributed by atoms with Gasteiger partial charge in [-0.3, -0.25) is 0 Å². The van der Waals surface area contributed by atoms with E-state index in [-0.39, 0.29) is 11.9 Å². The molecule has 0 aromatic heterocycles. The van der Waals surface area contributed by atoms with Gasteiger partial charge in [-0.15, -0.1) is 0 Å². The quantitative estimate of drug-likeness (QED) is 0.838. The van der Waals surface area contributed by atoms with E-state index in [2.05, 4.69) is 31.0 Å². The summed E-state index contributed by atoms with van der Waals surface area (Å²) in [6, 6.07) is 5.72. The predicted octanol–water partition coefficient (Wildman–Crippen LogP) is 3.98. The van der Waals surface area contributed by atoms with E-state index < -0.39 is 0 Å². The molecule has 108 valence electrons. The van der Waals surface area contributed by atoms with Gasteiger partial charge in [-0.1, -0.05) is 19.9 Å². The summed E-state index contributed by atoms with van der Waals surface area (Å²) in [6.45, 7) is 8.61. The van der Waals surface area contributed by atoms with Gasteiger partial charge in [-0.05, 0) is 45.4 Å². The maximum Gasteiger partial charge on any atom is 0.130 e. The van der Waals surface area contributed by atoms with Crippen molar-refractivity contribution in [2.24, 2.45) is 5.92 Å². The van der Waals surface area contributed by atoms with Crippen LogP contribution in [0.1, 0.15) is 45.7 Å². The Kier molecular flexibility index (Phi) is 5.80. The molecule has 0 saturated carbocycles. The zero-order chi connectivity index (χ0) is 14.6. The van der Waals surface area contributed by atoms with Crippen LogP contribution in [0.25, 0.3) is 0 Å². The van der Waals surface area contributed by atoms with Gasteiger partial charge < -0.3 is 10.2 Å². The van der Waals surface area contributed by atoms with Gasteiger partial charge in [0.1, 0.15) is 5.82 Å². The summed E-state index contributed by atoms with van der Waals surface area (Å²) < 4.78 is 14.1. The van der Waals surface area contributed by atoms with Crippen molar-refractivity contribution in [1.29, 1.82) is 0 Å². The molecule has 2 unspecified atom stereocenters. The van der Waals surface area contributed by atoms with Gasteiger partial charge in [-0.2, -0.15) is 0 Å². The summed E-state index contributed by atoms with van der Waals surface area (Å²) in [7, 11) is 3.91. The van der Waals surface area contributed by atoms with Crippen LogP contribution in [-0.4, -0.2) is 20.1 Å². The number of hydrogen-bond acceptors (Lipinski definition) is 2. The number of halogens is 1. The highest BCUT2D eigenvalue weighted by Crippen LogP contribution is 2.30. The van der Waals surface area contributed by atoms with Crippen LogP contribution < -0.4 is 10.2 Å². The molecular weight excluding hydrogens is 239 g/mol. The topological polar surface area (TPSA) is 15.3 Å². The first kappa shape index (κ1) is 16.0. The van der Waals surface area contributed by atoms with E-state index in [0.29, 0.717) is 12.0 Å². The molecule has 0 aliphatic rings. The van der Waals surface area contributed by atoms with Gasteiger partial charge in [0.2, 0.25) is 0 Å². The molecule has 0 amide bonds. The Morgan fingerprint density at radius 2 is 1.84 bits per heavy atom. The first-order valence-corrected chi connectivity index (χ1v) is 7.07. The second-order valence-corrected chi connectivity index (χ2v) is 5.77. The minimum absolute atomic E-state index is 0.00454. The second kappa shape index (κ2) is 6.90. The highest BCUT2D eigenvalue weighted by molar-refractivity contribution is 5.55. The SMILES string of the molecule is CNC(C)c1c(F)cccc1N(C)C(C)CC(C)C. The van der Waals surface area contributed by atoms with Crippen molar-refractivity contribution in [3.63, 3.8) is 0 Å². The number of benzene rings is 1. The Balaban J connectivity index is 3.08. The predicted molar refractivity (Wildman–Crippen MR) is 81.2 cm³/mol. The standard InChI is InChI=1S/C16H27FN2/c1-11(2)10-12(3)19(6)15-9-7-8-14(17)16(15)13(4)18-5/h7-9,11-13,18H,10H2,1-6H3. The van der Waals surface area contributed by atoms with Crippen LogP contribution in [0.4, 0.5) is 10.1 Å². The van der Waals surface area contributed by atoms with E-state index in [4.69, 9.17) is 0 Å². The molecule has 0 heterocycles. The van der Waals surface area contributed by atoms with Crippen molar-refractivity contribution in [2.45, 2.75) is 46.2 Å². The molecule has 1 N–H and O–H groups in total. The van der Waals surface area contributed by atoms with Crippen LogP contribution in [0, 0.1) is 11.7 Å². The van der Waals surface area contributed by atoms with Crippen molar-refractivity contribution in [3.8, 4) is 0 Å². The lowest BCUT2D eigenvalue weighted by Gasteiger charge is -2.31. The Labute approximate surface area is 117 Å². The molecule has 1 aromatic rings. The monoisotopic (exact) mass is 266 g/mol. The summed E-state index contributed by atoms with van der Waals surface area (Å²) in [5.74, 6) is 0.499. The van der Waals surface area contributed by atoms with Crippen molar-refractivity contribution >= 4 is 5.69 Å². The van der Waals surface area contributed by atoms with Gasteiger partial charge >= 0.3 is 0 Å². The zero-order valence-electron chi connectivity index (χ0n) is 13.0. The summed E-state index contributed by atoms with van der Waals surface area (Å²) in [4.78, 5) is 2.19. The molecule has 0 fully saturated rings. The fourth-order valence-electron chi connectivity index (χ4n) is 2.48. The lowest BCUT2D eigenvalue weighted by molar-refractivity contribution is 0.499. The van der Waals surface area contributed by atoms with Crippen molar-refractivity contribution in [1.82, 2.24) is 5.32 Å². The van der Waals surface area contributed by atoms with Gasteiger partial charge in [0, 0.05) is 30.4 Å². The Morgan fingerprint density at radius 1 is 1.21 bits per heavy atom. The molecule has 0 bridgehead atoms. The molecule has 0 aliphatic carbocycles. The van der Waals surface area contributed by atoms with E-state index in [1.165, 1.54) is 6.07 Å². The molecule has 3 heteroatoms. The second-order valence-electron chi connectivity index (χ2n) is 5.77.